The highest BCUT2D eigenvalue weighted by molar-refractivity contribution is 9.10. The Hall–Kier alpha value is -2.62. The second kappa shape index (κ2) is 8.17. The maximum absolute atomic E-state index is 12.7. The maximum atomic E-state index is 12.7. The Morgan fingerprint density at radius 1 is 1.31 bits per heavy atom. The lowest BCUT2D eigenvalue weighted by molar-refractivity contribution is -0.384. The van der Waals surface area contributed by atoms with Crippen molar-refractivity contribution in [2.24, 2.45) is 5.10 Å². The lowest BCUT2D eigenvalue weighted by Gasteiger charge is -2.09. The molecule has 0 saturated carbocycles. The van der Waals surface area contributed by atoms with E-state index < -0.39 is 22.4 Å². The van der Waals surface area contributed by atoms with Gasteiger partial charge in [0.05, 0.1) is 23.3 Å². The van der Waals surface area contributed by atoms with Crippen LogP contribution in [-0.4, -0.2) is 17.7 Å². The predicted octanol–water partition coefficient (Wildman–Crippen LogP) is 5.22. The number of nitrogens with one attached hydrogen (secondary N) is 1. The number of hydrazone groups is 1. The van der Waals surface area contributed by atoms with Crippen molar-refractivity contribution >= 4 is 33.5 Å². The molecule has 0 aliphatic rings. The molecule has 0 aliphatic carbocycles. The van der Waals surface area contributed by atoms with Gasteiger partial charge in [0.1, 0.15) is 11.4 Å². The van der Waals surface area contributed by atoms with E-state index in [0.29, 0.717) is 24.0 Å². The summed E-state index contributed by atoms with van der Waals surface area (Å²) in [7, 11) is 0. The van der Waals surface area contributed by atoms with Gasteiger partial charge in [0, 0.05) is 16.1 Å². The van der Waals surface area contributed by atoms with Crippen LogP contribution in [0.1, 0.15) is 18.1 Å². The van der Waals surface area contributed by atoms with Crippen molar-refractivity contribution in [1.82, 2.24) is 0 Å². The van der Waals surface area contributed by atoms with Crippen molar-refractivity contribution in [3.63, 3.8) is 0 Å². The smallest absolute Gasteiger partial charge is 0.416 e. The molecule has 6 nitrogen and oxygen atoms in total. The van der Waals surface area contributed by atoms with Crippen molar-refractivity contribution in [1.29, 1.82) is 0 Å². The summed E-state index contributed by atoms with van der Waals surface area (Å²) in [6.45, 7) is 2.24. The van der Waals surface area contributed by atoms with E-state index in [2.05, 4.69) is 26.5 Å². The van der Waals surface area contributed by atoms with Crippen molar-refractivity contribution < 1.29 is 22.8 Å². The van der Waals surface area contributed by atoms with Crippen molar-refractivity contribution in [2.45, 2.75) is 13.1 Å². The molecule has 2 rings (SSSR count). The SMILES string of the molecule is CCOc1ccc(Br)cc1/C=N\Nc1ccc(C(F)(F)F)cc1[N+](=O)[O-]. The van der Waals surface area contributed by atoms with Crippen LogP contribution in [0.3, 0.4) is 0 Å². The number of ether oxygens (including phenoxy) is 1. The number of rotatable bonds is 6. The maximum Gasteiger partial charge on any atom is 0.416 e. The minimum atomic E-state index is -4.67. The summed E-state index contributed by atoms with van der Waals surface area (Å²) >= 11 is 3.31. The molecule has 2 aromatic rings. The third-order valence-corrected chi connectivity index (χ3v) is 3.68. The fraction of sp³-hybridized carbons (Fsp3) is 0.188. The van der Waals surface area contributed by atoms with Crippen LogP contribution >= 0.6 is 15.9 Å². The molecule has 0 heterocycles. The number of nitrogens with zero attached hydrogens (tertiary/aromatic N) is 2. The molecule has 0 radical (unpaired) electrons. The summed E-state index contributed by atoms with van der Waals surface area (Å²) in [5.41, 5.74) is 0.994. The average molecular weight is 432 g/mol. The number of hydrogen-bond donors (Lipinski definition) is 1. The second-order valence-electron chi connectivity index (χ2n) is 4.97. The number of anilines is 1. The number of benzene rings is 2. The van der Waals surface area contributed by atoms with E-state index in [1.54, 1.807) is 18.2 Å². The van der Waals surface area contributed by atoms with Gasteiger partial charge in [-0.3, -0.25) is 15.5 Å². The van der Waals surface area contributed by atoms with Gasteiger partial charge in [0.2, 0.25) is 0 Å². The zero-order chi connectivity index (χ0) is 19.3. The molecule has 0 spiro atoms. The molecule has 0 atom stereocenters. The van der Waals surface area contributed by atoms with Gasteiger partial charge in [-0.05, 0) is 37.3 Å². The topological polar surface area (TPSA) is 76.8 Å². The van der Waals surface area contributed by atoms with Crippen LogP contribution in [0, 0.1) is 10.1 Å². The zero-order valence-corrected chi connectivity index (χ0v) is 15.0. The Labute approximate surface area is 154 Å². The van der Waals surface area contributed by atoms with Crippen LogP contribution in [0.4, 0.5) is 24.5 Å². The third-order valence-electron chi connectivity index (χ3n) is 3.18. The Bertz CT molecular complexity index is 841. The van der Waals surface area contributed by atoms with Crippen LogP contribution in [0.2, 0.25) is 0 Å². The first-order chi connectivity index (χ1) is 12.2. The molecule has 0 aromatic heterocycles. The van der Waals surface area contributed by atoms with Crippen LogP contribution in [0.25, 0.3) is 0 Å². The summed E-state index contributed by atoms with van der Waals surface area (Å²) < 4.78 is 44.3. The number of nitro groups is 1. The molecule has 0 unspecified atom stereocenters. The largest absolute Gasteiger partial charge is 0.493 e. The summed E-state index contributed by atoms with van der Waals surface area (Å²) in [5, 5.41) is 14.9. The lowest BCUT2D eigenvalue weighted by Crippen LogP contribution is -2.06. The summed E-state index contributed by atoms with van der Waals surface area (Å²) in [6.07, 6.45) is -3.31. The van der Waals surface area contributed by atoms with E-state index >= 15 is 0 Å². The normalized spacial score (nSPS) is 11.6. The molecule has 2 aromatic carbocycles. The highest BCUT2D eigenvalue weighted by atomic mass is 79.9. The predicted molar refractivity (Wildman–Crippen MR) is 94.6 cm³/mol. The zero-order valence-electron chi connectivity index (χ0n) is 13.4. The highest BCUT2D eigenvalue weighted by Gasteiger charge is 2.33. The van der Waals surface area contributed by atoms with E-state index in [0.717, 1.165) is 16.6 Å². The van der Waals surface area contributed by atoms with Crippen LogP contribution in [0.5, 0.6) is 5.75 Å². The first-order valence-corrected chi connectivity index (χ1v) is 8.08. The Morgan fingerprint density at radius 3 is 2.65 bits per heavy atom. The van der Waals surface area contributed by atoms with Gasteiger partial charge in [-0.2, -0.15) is 18.3 Å². The third kappa shape index (κ3) is 4.94. The molecule has 1 N–H and O–H groups in total. The molecule has 0 saturated heterocycles. The van der Waals surface area contributed by atoms with Gasteiger partial charge in [0.15, 0.2) is 0 Å². The number of hydrogen-bond acceptors (Lipinski definition) is 5. The summed E-state index contributed by atoms with van der Waals surface area (Å²) in [5.74, 6) is 0.545. The van der Waals surface area contributed by atoms with E-state index in [9.17, 15) is 23.3 Å². The molecule has 0 bridgehead atoms. The molecule has 0 amide bonds. The standard InChI is InChI=1S/C16H13BrF3N3O3/c1-2-26-15-6-4-12(17)7-10(15)9-21-22-13-5-3-11(16(18,19)20)8-14(13)23(24)25/h3-9,22H,2H2,1H3/b21-9-. The van der Waals surface area contributed by atoms with E-state index in [1.165, 1.54) is 6.21 Å². The van der Waals surface area contributed by atoms with Gasteiger partial charge in [-0.25, -0.2) is 0 Å². The summed E-state index contributed by atoms with van der Waals surface area (Å²) in [6, 6.07) is 7.38. The van der Waals surface area contributed by atoms with Crippen LogP contribution in [-0.2, 0) is 6.18 Å². The van der Waals surface area contributed by atoms with Crippen molar-refractivity contribution in [3.05, 3.63) is 62.1 Å². The highest BCUT2D eigenvalue weighted by Crippen LogP contribution is 2.35. The van der Waals surface area contributed by atoms with Gasteiger partial charge < -0.3 is 4.74 Å². The molecule has 0 fully saturated rings. The number of halogens is 4. The van der Waals surface area contributed by atoms with Crippen molar-refractivity contribution in [2.75, 3.05) is 12.0 Å². The Kier molecular flexibility index (Phi) is 6.19. The molecule has 138 valence electrons. The summed E-state index contributed by atoms with van der Waals surface area (Å²) in [4.78, 5) is 10.1. The quantitative estimate of drug-likeness (QED) is 0.386. The minimum absolute atomic E-state index is 0.160. The average Bonchev–Trinajstić information content (AvgIpc) is 2.56. The van der Waals surface area contributed by atoms with E-state index in [-0.39, 0.29) is 5.69 Å². The molecule has 10 heteroatoms. The molecule has 26 heavy (non-hydrogen) atoms. The van der Waals surface area contributed by atoms with E-state index in [1.807, 2.05) is 6.92 Å². The molecular weight excluding hydrogens is 419 g/mol. The van der Waals surface area contributed by atoms with Crippen LogP contribution in [0.15, 0.2) is 46.0 Å². The van der Waals surface area contributed by atoms with Gasteiger partial charge >= 0.3 is 6.18 Å². The number of alkyl halides is 3. The lowest BCUT2D eigenvalue weighted by atomic mass is 10.1. The Morgan fingerprint density at radius 2 is 2.04 bits per heavy atom. The van der Waals surface area contributed by atoms with Gasteiger partial charge in [0.25, 0.3) is 5.69 Å². The minimum Gasteiger partial charge on any atom is -0.493 e. The fourth-order valence-corrected chi connectivity index (χ4v) is 2.41. The second-order valence-corrected chi connectivity index (χ2v) is 5.89. The van der Waals surface area contributed by atoms with E-state index in [4.69, 9.17) is 4.74 Å². The monoisotopic (exact) mass is 431 g/mol. The number of nitro benzene ring substituents is 1. The first-order valence-electron chi connectivity index (χ1n) is 7.29. The van der Waals surface area contributed by atoms with Crippen LogP contribution < -0.4 is 10.2 Å². The van der Waals surface area contributed by atoms with Crippen molar-refractivity contribution in [3.8, 4) is 5.75 Å². The Balaban J connectivity index is 2.28. The van der Waals surface area contributed by atoms with Gasteiger partial charge in [-0.1, -0.05) is 15.9 Å². The first kappa shape index (κ1) is 19.7. The molecule has 0 aliphatic heterocycles. The molecular formula is C16H13BrF3N3O3. The van der Waals surface area contributed by atoms with Gasteiger partial charge in [-0.15, -0.1) is 0 Å². The fourth-order valence-electron chi connectivity index (χ4n) is 2.03.